The van der Waals surface area contributed by atoms with E-state index < -0.39 is 17.7 Å². The van der Waals surface area contributed by atoms with Crippen molar-refractivity contribution in [2.75, 3.05) is 13.4 Å². The van der Waals surface area contributed by atoms with E-state index in [9.17, 15) is 22.8 Å². The van der Waals surface area contributed by atoms with Crippen molar-refractivity contribution in [1.82, 2.24) is 9.78 Å². The minimum absolute atomic E-state index is 0.0213. The van der Waals surface area contributed by atoms with Crippen LogP contribution in [0.5, 0.6) is 0 Å². The Labute approximate surface area is 194 Å². The first-order valence-corrected chi connectivity index (χ1v) is 11.5. The number of methoxy groups -OCH3 is 1. The predicted octanol–water partition coefficient (Wildman–Crippen LogP) is 5.86. The van der Waals surface area contributed by atoms with Crippen molar-refractivity contribution < 1.29 is 27.5 Å². The topological polar surface area (TPSA) is 73.5 Å². The van der Waals surface area contributed by atoms with Gasteiger partial charge < -0.3 is 4.74 Å². The number of hydrogen-bond acceptors (Lipinski definition) is 6. The summed E-state index contributed by atoms with van der Waals surface area (Å²) in [6.07, 6.45) is 0.696. The average Bonchev–Trinajstić information content (AvgIpc) is 3.34. The van der Waals surface area contributed by atoms with E-state index in [0.29, 0.717) is 10.6 Å². The summed E-state index contributed by atoms with van der Waals surface area (Å²) in [6, 6.07) is 8.78. The van der Waals surface area contributed by atoms with Crippen molar-refractivity contribution in [2.24, 2.45) is 4.99 Å². The molecule has 33 heavy (non-hydrogen) atoms. The monoisotopic (exact) mass is 491 g/mol. The smallest absolute Gasteiger partial charge is 0.416 e. The van der Waals surface area contributed by atoms with Crippen LogP contribution in [0.3, 0.4) is 0 Å². The summed E-state index contributed by atoms with van der Waals surface area (Å²) in [4.78, 5) is 27.9. The van der Waals surface area contributed by atoms with Crippen LogP contribution < -0.4 is 0 Å². The third-order valence-electron chi connectivity index (χ3n) is 4.84. The van der Waals surface area contributed by atoms with Crippen molar-refractivity contribution in [3.8, 4) is 0 Å². The second-order valence-electron chi connectivity index (χ2n) is 7.00. The average molecular weight is 492 g/mol. The summed E-state index contributed by atoms with van der Waals surface area (Å²) in [5, 5.41) is 5.49. The molecular weight excluding hydrogens is 475 g/mol. The van der Waals surface area contributed by atoms with E-state index in [1.807, 2.05) is 24.5 Å². The molecule has 1 aromatic heterocycles. The molecule has 0 aliphatic carbocycles. The summed E-state index contributed by atoms with van der Waals surface area (Å²) in [5.74, 6) is -0.838. The number of alkyl halides is 3. The third kappa shape index (κ3) is 4.98. The highest BCUT2D eigenvalue weighted by Crippen LogP contribution is 2.35. The first-order valence-electron chi connectivity index (χ1n) is 9.50. The van der Waals surface area contributed by atoms with Gasteiger partial charge in [0.2, 0.25) is 0 Å². The number of ether oxygens (including phenoxy) is 1. The zero-order valence-electron chi connectivity index (χ0n) is 17.3. The largest absolute Gasteiger partial charge is 0.465 e. The second-order valence-corrected chi connectivity index (χ2v) is 8.79. The molecule has 0 bridgehead atoms. The van der Waals surface area contributed by atoms with Crippen LogP contribution >= 0.6 is 23.5 Å². The lowest BCUT2D eigenvalue weighted by Crippen LogP contribution is -2.14. The molecule has 3 aromatic rings. The van der Waals surface area contributed by atoms with E-state index in [1.165, 1.54) is 28.6 Å². The second kappa shape index (κ2) is 9.06. The van der Waals surface area contributed by atoms with Gasteiger partial charge in [0.05, 0.1) is 35.2 Å². The van der Waals surface area contributed by atoms with Gasteiger partial charge >= 0.3 is 17.4 Å². The molecule has 11 heteroatoms. The Balaban J connectivity index is 1.65. The van der Waals surface area contributed by atoms with Crippen molar-refractivity contribution in [1.29, 1.82) is 0 Å². The van der Waals surface area contributed by atoms with Gasteiger partial charge in [-0.1, -0.05) is 12.1 Å². The number of rotatable bonds is 4. The van der Waals surface area contributed by atoms with Crippen LogP contribution in [-0.4, -0.2) is 39.4 Å². The lowest BCUT2D eigenvalue weighted by Gasteiger charge is -2.14. The fraction of sp³-hybridized carbons (Fsp3) is 0.182. The number of amides is 1. The molecule has 1 aliphatic heterocycles. The fourth-order valence-electron chi connectivity index (χ4n) is 3.35. The van der Waals surface area contributed by atoms with Crippen LogP contribution in [0.1, 0.15) is 27.0 Å². The van der Waals surface area contributed by atoms with Crippen LogP contribution in [0.25, 0.3) is 17.0 Å². The molecule has 2 heterocycles. The molecule has 170 valence electrons. The van der Waals surface area contributed by atoms with Gasteiger partial charge in [0.15, 0.2) is 0 Å². The van der Waals surface area contributed by atoms with Crippen LogP contribution in [0.4, 0.5) is 18.0 Å². The van der Waals surface area contributed by atoms with Crippen molar-refractivity contribution in [3.05, 3.63) is 69.8 Å². The normalized spacial score (nSPS) is 15.4. The van der Waals surface area contributed by atoms with Gasteiger partial charge in [-0.15, -0.1) is 11.8 Å². The van der Waals surface area contributed by atoms with Gasteiger partial charge in [-0.3, -0.25) is 9.48 Å². The lowest BCUT2D eigenvalue weighted by atomic mass is 10.0. The molecule has 2 aromatic carbocycles. The fourth-order valence-corrected chi connectivity index (χ4v) is 4.87. The molecule has 4 rings (SSSR count). The van der Waals surface area contributed by atoms with Crippen LogP contribution in [-0.2, 0) is 17.5 Å². The number of benzene rings is 2. The SMILES string of the molecule is COC(=O)c1ccc(Cn2cc3cc(/C=C4\SC(=O)N=C4SC)ccc3n2)c(C(F)(F)F)c1. The minimum Gasteiger partial charge on any atom is -0.465 e. The van der Waals surface area contributed by atoms with E-state index in [2.05, 4.69) is 14.8 Å². The van der Waals surface area contributed by atoms with E-state index in [1.54, 1.807) is 12.3 Å². The minimum atomic E-state index is -4.64. The van der Waals surface area contributed by atoms with Gasteiger partial charge in [-0.05, 0) is 59.5 Å². The van der Waals surface area contributed by atoms with Crippen molar-refractivity contribution >= 4 is 56.8 Å². The quantitative estimate of drug-likeness (QED) is 0.426. The van der Waals surface area contributed by atoms with E-state index in [-0.39, 0.29) is 22.9 Å². The molecule has 0 atom stereocenters. The highest BCUT2D eigenvalue weighted by molar-refractivity contribution is 8.24. The van der Waals surface area contributed by atoms with Crippen molar-refractivity contribution in [2.45, 2.75) is 12.7 Å². The number of fused-ring (bicyclic) bond motifs is 1. The Morgan fingerprint density at radius 3 is 2.73 bits per heavy atom. The Morgan fingerprint density at radius 2 is 2.03 bits per heavy atom. The maximum atomic E-state index is 13.6. The number of aliphatic imine (C=N–C) groups is 1. The van der Waals surface area contributed by atoms with Gasteiger partial charge in [-0.2, -0.15) is 23.3 Å². The summed E-state index contributed by atoms with van der Waals surface area (Å²) in [7, 11) is 1.11. The third-order valence-corrected chi connectivity index (χ3v) is 6.46. The number of hydrogen-bond donors (Lipinski definition) is 0. The maximum Gasteiger partial charge on any atom is 0.416 e. The summed E-state index contributed by atoms with van der Waals surface area (Å²) >= 11 is 2.43. The van der Waals surface area contributed by atoms with Gasteiger partial charge in [0, 0.05) is 11.6 Å². The number of aromatic nitrogens is 2. The molecule has 0 saturated carbocycles. The number of carbonyl (C=O) groups is 2. The lowest BCUT2D eigenvalue weighted by molar-refractivity contribution is -0.138. The van der Waals surface area contributed by atoms with Crippen LogP contribution in [0, 0.1) is 0 Å². The predicted molar refractivity (Wildman–Crippen MR) is 124 cm³/mol. The Bertz CT molecular complexity index is 1330. The highest BCUT2D eigenvalue weighted by Gasteiger charge is 2.34. The first kappa shape index (κ1) is 23.1. The maximum absolute atomic E-state index is 13.6. The Morgan fingerprint density at radius 1 is 1.24 bits per heavy atom. The van der Waals surface area contributed by atoms with Crippen molar-refractivity contribution in [3.63, 3.8) is 0 Å². The van der Waals surface area contributed by atoms with E-state index in [0.717, 1.165) is 40.8 Å². The molecule has 0 spiro atoms. The number of halogens is 3. The van der Waals surface area contributed by atoms with Gasteiger partial charge in [-0.25, -0.2) is 4.79 Å². The molecule has 0 fully saturated rings. The molecule has 1 aliphatic rings. The Kier molecular flexibility index (Phi) is 6.35. The zero-order chi connectivity index (χ0) is 23.8. The Hall–Kier alpha value is -3.05. The molecule has 6 nitrogen and oxygen atoms in total. The number of carbonyl (C=O) groups excluding carboxylic acids is 2. The molecule has 1 amide bonds. The molecule has 0 saturated heterocycles. The van der Waals surface area contributed by atoms with Crippen LogP contribution in [0.2, 0.25) is 0 Å². The summed E-state index contributed by atoms with van der Waals surface area (Å²) in [6.45, 7) is -0.130. The standard InChI is InChI=1S/C22H16F3N3O3S2/c1-31-20(29)13-4-5-14(16(9-13)22(23,24)25)10-28-11-15-7-12(3-6-17(15)27-28)8-18-19(32-2)26-21(30)33-18/h3-9,11H,10H2,1-2H3/b18-8-. The number of nitrogens with zero attached hydrogens (tertiary/aromatic N) is 3. The van der Waals surface area contributed by atoms with Gasteiger partial charge in [0.1, 0.15) is 5.04 Å². The first-order chi connectivity index (χ1) is 15.7. The number of esters is 1. The number of thioether (sulfide) groups is 2. The zero-order valence-corrected chi connectivity index (χ0v) is 19.0. The molecule has 0 unspecified atom stereocenters. The van der Waals surface area contributed by atoms with Crippen LogP contribution in [0.15, 0.2) is 52.5 Å². The van der Waals surface area contributed by atoms with E-state index in [4.69, 9.17) is 0 Å². The molecule has 0 N–H and O–H groups in total. The molecule has 0 radical (unpaired) electrons. The van der Waals surface area contributed by atoms with Gasteiger partial charge in [0.25, 0.3) is 0 Å². The highest BCUT2D eigenvalue weighted by atomic mass is 32.2. The summed E-state index contributed by atoms with van der Waals surface area (Å²) < 4.78 is 46.8. The molecular formula is C22H16F3N3O3S2. The summed E-state index contributed by atoms with van der Waals surface area (Å²) in [5.41, 5.74) is 0.327. The van der Waals surface area contributed by atoms with E-state index >= 15 is 0 Å².